The van der Waals surface area contributed by atoms with E-state index in [1.807, 2.05) is 18.2 Å². The number of amides is 1. The average Bonchev–Trinajstić information content (AvgIpc) is 3.75. The number of aromatic nitrogens is 2. The van der Waals surface area contributed by atoms with Crippen LogP contribution >= 0.6 is 23.2 Å². The van der Waals surface area contributed by atoms with Gasteiger partial charge in [-0.3, -0.25) is 4.79 Å². The molecule has 1 amide bonds. The molecule has 2 aliphatic carbocycles. The summed E-state index contributed by atoms with van der Waals surface area (Å²) in [7, 11) is 0. The van der Waals surface area contributed by atoms with Crippen LogP contribution in [0.5, 0.6) is 11.5 Å². The fraction of sp³-hybridized carbons (Fsp3) is 0.296. The van der Waals surface area contributed by atoms with Crippen LogP contribution in [0.3, 0.4) is 0 Å². The summed E-state index contributed by atoms with van der Waals surface area (Å²) in [4.78, 5) is 13.2. The van der Waals surface area contributed by atoms with Crippen molar-refractivity contribution in [2.75, 3.05) is 6.54 Å². The molecular formula is C27H22Cl2FN3O2. The summed E-state index contributed by atoms with van der Waals surface area (Å²) in [5.74, 6) is 7.17. The normalized spacial score (nSPS) is 15.6. The van der Waals surface area contributed by atoms with Gasteiger partial charge < -0.3 is 10.1 Å². The molecule has 1 atom stereocenters. The minimum atomic E-state index is -1.53. The van der Waals surface area contributed by atoms with Gasteiger partial charge in [-0.2, -0.15) is 5.10 Å². The second-order valence-electron chi connectivity index (χ2n) is 8.77. The number of ether oxygens (including phenoxy) is 1. The van der Waals surface area contributed by atoms with Crippen molar-refractivity contribution in [1.82, 2.24) is 15.5 Å². The van der Waals surface area contributed by atoms with Gasteiger partial charge in [0.05, 0.1) is 12.7 Å². The van der Waals surface area contributed by atoms with E-state index in [9.17, 15) is 9.18 Å². The maximum atomic E-state index is 14.9. The Balaban J connectivity index is 1.39. The molecule has 0 bridgehead atoms. The van der Waals surface area contributed by atoms with E-state index in [1.54, 1.807) is 6.07 Å². The first-order chi connectivity index (χ1) is 17.0. The highest BCUT2D eigenvalue weighted by Gasteiger charge is 2.25. The van der Waals surface area contributed by atoms with E-state index in [-0.39, 0.29) is 34.1 Å². The van der Waals surface area contributed by atoms with Crippen LogP contribution in [0.25, 0.3) is 0 Å². The van der Waals surface area contributed by atoms with Gasteiger partial charge in [0.15, 0.2) is 11.4 Å². The average molecular weight is 510 g/mol. The first-order valence-corrected chi connectivity index (χ1v) is 12.3. The van der Waals surface area contributed by atoms with Crippen LogP contribution < -0.4 is 10.1 Å². The zero-order valence-corrected chi connectivity index (χ0v) is 20.2. The SMILES string of the molecule is O=C(NCC(F)c1ccc(Cl)cc1Cl)c1c(Oc2cccc(C3CC3)c2)cnnc1C#CC1CC1. The van der Waals surface area contributed by atoms with Gasteiger partial charge in [-0.25, -0.2) is 4.39 Å². The number of carbonyl (C=O) groups is 1. The largest absolute Gasteiger partial charge is 0.455 e. The Bertz CT molecular complexity index is 1330. The van der Waals surface area contributed by atoms with Crippen molar-refractivity contribution in [3.63, 3.8) is 0 Å². The summed E-state index contributed by atoms with van der Waals surface area (Å²) in [5.41, 5.74) is 1.76. The molecule has 1 unspecified atom stereocenters. The Morgan fingerprint density at radius 1 is 1.17 bits per heavy atom. The molecule has 0 saturated heterocycles. The number of alkyl halides is 1. The molecule has 1 aromatic heterocycles. The quantitative estimate of drug-likeness (QED) is 0.362. The molecule has 2 fully saturated rings. The molecule has 5 rings (SSSR count). The second-order valence-corrected chi connectivity index (χ2v) is 9.61. The van der Waals surface area contributed by atoms with E-state index in [1.165, 1.54) is 23.9 Å². The molecule has 2 aliphatic rings. The fourth-order valence-corrected chi connectivity index (χ4v) is 4.19. The number of benzene rings is 2. The molecule has 8 heteroatoms. The topological polar surface area (TPSA) is 64.1 Å². The molecule has 3 aromatic rings. The summed E-state index contributed by atoms with van der Waals surface area (Å²) in [6.07, 6.45) is 4.23. The van der Waals surface area contributed by atoms with Gasteiger partial charge in [-0.15, -0.1) is 5.10 Å². The van der Waals surface area contributed by atoms with Gasteiger partial charge in [-0.05, 0) is 67.4 Å². The van der Waals surface area contributed by atoms with Gasteiger partial charge in [0.25, 0.3) is 5.91 Å². The fourth-order valence-electron chi connectivity index (χ4n) is 3.66. The molecule has 0 radical (unpaired) electrons. The summed E-state index contributed by atoms with van der Waals surface area (Å²) >= 11 is 12.0. The lowest BCUT2D eigenvalue weighted by atomic mass is 10.1. The first-order valence-electron chi connectivity index (χ1n) is 11.5. The van der Waals surface area contributed by atoms with Crippen LogP contribution in [0, 0.1) is 17.8 Å². The van der Waals surface area contributed by atoms with Crippen LogP contribution in [0.2, 0.25) is 10.0 Å². The van der Waals surface area contributed by atoms with Gasteiger partial charge in [-0.1, -0.05) is 47.3 Å². The Morgan fingerprint density at radius 3 is 2.74 bits per heavy atom. The van der Waals surface area contributed by atoms with E-state index >= 15 is 0 Å². The molecule has 2 aromatic carbocycles. The Kier molecular flexibility index (Phi) is 6.90. The third kappa shape index (κ3) is 5.93. The maximum absolute atomic E-state index is 14.9. The lowest BCUT2D eigenvalue weighted by molar-refractivity contribution is 0.0938. The third-order valence-electron chi connectivity index (χ3n) is 5.89. The lowest BCUT2D eigenvalue weighted by Gasteiger charge is -2.15. The summed E-state index contributed by atoms with van der Waals surface area (Å²) in [6, 6.07) is 12.3. The van der Waals surface area contributed by atoms with Crippen molar-refractivity contribution in [2.45, 2.75) is 37.8 Å². The van der Waals surface area contributed by atoms with E-state index in [2.05, 4.69) is 33.4 Å². The number of halogens is 3. The number of carbonyl (C=O) groups excluding carboxylic acids is 1. The highest BCUT2D eigenvalue weighted by Crippen LogP contribution is 2.41. The van der Waals surface area contributed by atoms with E-state index in [0.717, 1.165) is 25.7 Å². The Labute approximate surface area is 213 Å². The van der Waals surface area contributed by atoms with E-state index in [4.69, 9.17) is 27.9 Å². The van der Waals surface area contributed by atoms with Crippen LogP contribution in [0.1, 0.15) is 65.0 Å². The predicted octanol–water partition coefficient (Wildman–Crippen LogP) is 6.66. The molecule has 178 valence electrons. The van der Waals surface area contributed by atoms with E-state index in [0.29, 0.717) is 22.6 Å². The second kappa shape index (κ2) is 10.2. The summed E-state index contributed by atoms with van der Waals surface area (Å²) in [6.45, 7) is -0.297. The third-order valence-corrected chi connectivity index (χ3v) is 6.45. The van der Waals surface area contributed by atoms with Crippen molar-refractivity contribution < 1.29 is 13.9 Å². The minimum absolute atomic E-state index is 0.124. The van der Waals surface area contributed by atoms with Crippen molar-refractivity contribution in [3.05, 3.63) is 81.1 Å². The first kappa shape index (κ1) is 23.6. The Morgan fingerprint density at radius 2 is 2.00 bits per heavy atom. The molecule has 1 heterocycles. The van der Waals surface area contributed by atoms with Gasteiger partial charge in [0, 0.05) is 21.5 Å². The van der Waals surface area contributed by atoms with Crippen LogP contribution in [-0.4, -0.2) is 22.6 Å². The van der Waals surface area contributed by atoms with Crippen LogP contribution in [0.15, 0.2) is 48.7 Å². The Hall–Kier alpha value is -3.14. The smallest absolute Gasteiger partial charge is 0.258 e. The van der Waals surface area contributed by atoms with Crippen molar-refractivity contribution in [2.24, 2.45) is 5.92 Å². The number of hydrogen-bond donors (Lipinski definition) is 1. The molecular weight excluding hydrogens is 488 g/mol. The molecule has 5 nitrogen and oxygen atoms in total. The highest BCUT2D eigenvalue weighted by atomic mass is 35.5. The molecule has 2 saturated carbocycles. The van der Waals surface area contributed by atoms with Crippen molar-refractivity contribution in [1.29, 1.82) is 0 Å². The zero-order valence-electron chi connectivity index (χ0n) is 18.7. The molecule has 35 heavy (non-hydrogen) atoms. The van der Waals surface area contributed by atoms with Gasteiger partial charge in [0.2, 0.25) is 0 Å². The lowest BCUT2D eigenvalue weighted by Crippen LogP contribution is -2.28. The molecule has 1 N–H and O–H groups in total. The van der Waals surface area contributed by atoms with Crippen LogP contribution in [0.4, 0.5) is 4.39 Å². The van der Waals surface area contributed by atoms with Crippen molar-refractivity contribution in [3.8, 4) is 23.3 Å². The number of hydrogen-bond acceptors (Lipinski definition) is 4. The number of nitrogens with zero attached hydrogens (tertiary/aromatic N) is 2. The summed E-state index contributed by atoms with van der Waals surface area (Å²) < 4.78 is 21.0. The molecule has 0 spiro atoms. The zero-order chi connectivity index (χ0) is 24.4. The van der Waals surface area contributed by atoms with E-state index < -0.39 is 12.1 Å². The van der Waals surface area contributed by atoms with Gasteiger partial charge in [0.1, 0.15) is 17.5 Å². The highest BCUT2D eigenvalue weighted by molar-refractivity contribution is 6.35. The summed E-state index contributed by atoms with van der Waals surface area (Å²) in [5, 5.41) is 11.3. The van der Waals surface area contributed by atoms with Gasteiger partial charge >= 0.3 is 0 Å². The number of rotatable bonds is 7. The minimum Gasteiger partial charge on any atom is -0.455 e. The number of nitrogens with one attached hydrogen (secondary N) is 1. The predicted molar refractivity (Wildman–Crippen MR) is 133 cm³/mol. The monoisotopic (exact) mass is 509 g/mol. The maximum Gasteiger partial charge on any atom is 0.258 e. The molecule has 0 aliphatic heterocycles. The van der Waals surface area contributed by atoms with Crippen molar-refractivity contribution >= 4 is 29.1 Å². The van der Waals surface area contributed by atoms with Crippen LogP contribution in [-0.2, 0) is 0 Å². The standard InChI is InChI=1S/C27H22Cl2FN3O2/c28-19-9-10-21(22(29)13-19)23(30)14-31-27(34)26-24(11-6-16-4-5-16)33-32-15-25(26)35-20-3-1-2-18(12-20)17-7-8-17/h1-3,9-10,12-13,15-17,23H,4-5,7-8,14H2,(H,31,34).